The zero-order chi connectivity index (χ0) is 20.5. The Morgan fingerprint density at radius 2 is 2.11 bits per heavy atom. The summed E-state index contributed by atoms with van der Waals surface area (Å²) in [6, 6.07) is 6.53. The first-order valence-corrected chi connectivity index (χ1v) is 10.3. The monoisotopic (exact) mass is 427 g/mol. The lowest BCUT2D eigenvalue weighted by Crippen LogP contribution is -2.31. The Hall–Kier alpha value is -2.23. The van der Waals surface area contributed by atoms with Crippen LogP contribution in [0.15, 0.2) is 41.4 Å². The number of carbonyl (C=O) groups is 1. The van der Waals surface area contributed by atoms with Crippen LogP contribution in [0, 0.1) is 5.82 Å². The van der Waals surface area contributed by atoms with Gasteiger partial charge >= 0.3 is 0 Å². The summed E-state index contributed by atoms with van der Waals surface area (Å²) >= 11 is 5.71. The Balaban J connectivity index is 1.76. The molecule has 0 spiro atoms. The molecule has 0 radical (unpaired) electrons. The van der Waals surface area contributed by atoms with Crippen LogP contribution in [0.25, 0.3) is 0 Å². The predicted molar refractivity (Wildman–Crippen MR) is 101 cm³/mol. The largest absolute Gasteiger partial charge is 0.472 e. The van der Waals surface area contributed by atoms with E-state index in [4.69, 9.17) is 16.3 Å². The summed E-state index contributed by atoms with van der Waals surface area (Å²) < 4.78 is 46.0. The van der Waals surface area contributed by atoms with Crippen LogP contribution < -0.4 is 4.74 Å². The highest BCUT2D eigenvalue weighted by Gasteiger charge is 2.34. The highest BCUT2D eigenvalue weighted by Crippen LogP contribution is 2.27. The molecule has 1 fully saturated rings. The fourth-order valence-electron chi connectivity index (χ4n) is 2.84. The van der Waals surface area contributed by atoms with E-state index in [9.17, 15) is 17.6 Å². The van der Waals surface area contributed by atoms with Gasteiger partial charge in [0.25, 0.3) is 5.91 Å². The second kappa shape index (κ2) is 8.02. The van der Waals surface area contributed by atoms with Gasteiger partial charge in [0.05, 0.1) is 16.5 Å². The van der Waals surface area contributed by atoms with E-state index in [1.165, 1.54) is 21.5 Å². The summed E-state index contributed by atoms with van der Waals surface area (Å²) in [7, 11) is -0.593. The third kappa shape index (κ3) is 4.11. The number of hydrogen-bond acceptors (Lipinski definition) is 5. The van der Waals surface area contributed by atoms with Crippen molar-refractivity contribution < 1.29 is 22.3 Å². The molecule has 7 nitrogen and oxygen atoms in total. The summed E-state index contributed by atoms with van der Waals surface area (Å²) in [4.78, 5) is 17.7. The van der Waals surface area contributed by atoms with Crippen molar-refractivity contribution in [3.05, 3.63) is 52.9 Å². The van der Waals surface area contributed by atoms with Crippen molar-refractivity contribution in [2.24, 2.45) is 0 Å². The van der Waals surface area contributed by atoms with Gasteiger partial charge in [-0.15, -0.1) is 0 Å². The van der Waals surface area contributed by atoms with E-state index < -0.39 is 21.9 Å². The molecule has 1 atom stereocenters. The maximum absolute atomic E-state index is 13.3. The van der Waals surface area contributed by atoms with Crippen molar-refractivity contribution in [3.8, 4) is 5.88 Å². The Labute approximate surface area is 167 Å². The second-order valence-electron chi connectivity index (χ2n) is 6.52. The molecule has 2 heterocycles. The first-order valence-electron chi connectivity index (χ1n) is 8.48. The maximum atomic E-state index is 13.3. The van der Waals surface area contributed by atoms with Crippen molar-refractivity contribution in [2.45, 2.75) is 17.4 Å². The first kappa shape index (κ1) is 20.5. The normalized spacial score (nSPS) is 17.5. The van der Waals surface area contributed by atoms with Gasteiger partial charge in [-0.1, -0.05) is 11.6 Å². The highest BCUT2D eigenvalue weighted by molar-refractivity contribution is 7.89. The van der Waals surface area contributed by atoms with Crippen molar-refractivity contribution >= 4 is 27.5 Å². The number of halogens is 2. The van der Waals surface area contributed by atoms with Gasteiger partial charge in [-0.3, -0.25) is 4.79 Å². The molecule has 1 unspecified atom stereocenters. The van der Waals surface area contributed by atoms with Gasteiger partial charge in [0.2, 0.25) is 15.9 Å². The van der Waals surface area contributed by atoms with Gasteiger partial charge in [-0.25, -0.2) is 17.8 Å². The van der Waals surface area contributed by atoms with Gasteiger partial charge in [-0.05, 0) is 36.8 Å². The Morgan fingerprint density at radius 3 is 2.79 bits per heavy atom. The van der Waals surface area contributed by atoms with Crippen LogP contribution in [0.2, 0.25) is 5.02 Å². The minimum absolute atomic E-state index is 0.0825. The van der Waals surface area contributed by atoms with Crippen LogP contribution in [0.5, 0.6) is 5.88 Å². The van der Waals surface area contributed by atoms with E-state index in [-0.39, 0.29) is 34.8 Å². The quantitative estimate of drug-likeness (QED) is 0.732. The second-order valence-corrected chi connectivity index (χ2v) is 8.87. The van der Waals surface area contributed by atoms with Crippen LogP contribution in [0.4, 0.5) is 4.39 Å². The summed E-state index contributed by atoms with van der Waals surface area (Å²) in [5.41, 5.74) is 0.305. The first-order chi connectivity index (χ1) is 13.2. The number of nitrogens with zero attached hydrogens (tertiary/aromatic N) is 3. The van der Waals surface area contributed by atoms with Gasteiger partial charge in [0, 0.05) is 26.8 Å². The Bertz CT molecular complexity index is 1000. The molecule has 0 N–H and O–H groups in total. The SMILES string of the molecule is CN(C)C(=O)c1cccnc1OC1CCN(S(=O)(=O)c2ccc(F)c(Cl)c2)C1. The standard InChI is InChI=1S/C18H19ClFN3O4S/c1-22(2)18(24)14-4-3-8-21-17(14)27-12-7-9-23(11-12)28(25,26)13-5-6-16(20)15(19)10-13/h3-6,8,10,12H,7,9,11H2,1-2H3. The van der Waals surface area contributed by atoms with Crippen LogP contribution in [-0.4, -0.2) is 61.8 Å². The van der Waals surface area contributed by atoms with Gasteiger partial charge in [-0.2, -0.15) is 4.31 Å². The van der Waals surface area contributed by atoms with Crippen LogP contribution in [-0.2, 0) is 10.0 Å². The van der Waals surface area contributed by atoms with Crippen molar-refractivity contribution in [3.63, 3.8) is 0 Å². The molecule has 1 aliphatic rings. The fraction of sp³-hybridized carbons (Fsp3) is 0.333. The van der Waals surface area contributed by atoms with E-state index in [2.05, 4.69) is 4.98 Å². The number of carbonyl (C=O) groups excluding carboxylic acids is 1. The Morgan fingerprint density at radius 1 is 1.36 bits per heavy atom. The number of ether oxygens (including phenoxy) is 1. The summed E-state index contributed by atoms with van der Waals surface area (Å²) in [6.07, 6.45) is 1.47. The average Bonchev–Trinajstić information content (AvgIpc) is 3.13. The van der Waals surface area contributed by atoms with Gasteiger partial charge in [0.15, 0.2) is 0 Å². The van der Waals surface area contributed by atoms with Gasteiger partial charge < -0.3 is 9.64 Å². The number of sulfonamides is 1. The number of aromatic nitrogens is 1. The molecule has 1 aromatic heterocycles. The minimum Gasteiger partial charge on any atom is -0.472 e. The zero-order valence-corrected chi connectivity index (χ0v) is 16.9. The number of amides is 1. The van der Waals surface area contributed by atoms with E-state index in [0.29, 0.717) is 12.0 Å². The van der Waals surface area contributed by atoms with Crippen LogP contribution >= 0.6 is 11.6 Å². The lowest BCUT2D eigenvalue weighted by Gasteiger charge is -2.19. The molecule has 28 heavy (non-hydrogen) atoms. The third-order valence-electron chi connectivity index (χ3n) is 4.32. The van der Waals surface area contributed by atoms with E-state index in [0.717, 1.165) is 12.1 Å². The predicted octanol–water partition coefficient (Wildman–Crippen LogP) is 2.42. The molecule has 0 aliphatic carbocycles. The lowest BCUT2D eigenvalue weighted by molar-refractivity contribution is 0.0818. The molecule has 1 saturated heterocycles. The molecule has 1 aliphatic heterocycles. The van der Waals surface area contributed by atoms with Crippen molar-refractivity contribution in [1.82, 2.24) is 14.2 Å². The molecule has 10 heteroatoms. The third-order valence-corrected chi connectivity index (χ3v) is 6.47. The van der Waals surface area contributed by atoms with E-state index >= 15 is 0 Å². The Kier molecular flexibility index (Phi) is 5.87. The molecule has 1 aromatic carbocycles. The molecule has 0 bridgehead atoms. The molecule has 1 amide bonds. The molecular weight excluding hydrogens is 409 g/mol. The average molecular weight is 428 g/mol. The number of pyridine rings is 1. The smallest absolute Gasteiger partial charge is 0.258 e. The zero-order valence-electron chi connectivity index (χ0n) is 15.3. The summed E-state index contributed by atoms with van der Waals surface area (Å²) in [5.74, 6) is -0.779. The number of hydrogen-bond donors (Lipinski definition) is 0. The number of rotatable bonds is 5. The van der Waals surface area contributed by atoms with Crippen LogP contribution in [0.3, 0.4) is 0 Å². The lowest BCUT2D eigenvalue weighted by atomic mass is 10.2. The van der Waals surface area contributed by atoms with E-state index in [1.54, 1.807) is 26.2 Å². The van der Waals surface area contributed by atoms with Crippen molar-refractivity contribution in [1.29, 1.82) is 0 Å². The van der Waals surface area contributed by atoms with E-state index in [1.807, 2.05) is 0 Å². The van der Waals surface area contributed by atoms with Crippen molar-refractivity contribution in [2.75, 3.05) is 27.2 Å². The maximum Gasteiger partial charge on any atom is 0.258 e. The molecule has 2 aromatic rings. The number of benzene rings is 1. The van der Waals surface area contributed by atoms with Gasteiger partial charge in [0.1, 0.15) is 17.5 Å². The molecule has 0 saturated carbocycles. The molecule has 3 rings (SSSR count). The summed E-state index contributed by atoms with van der Waals surface area (Å²) in [6.45, 7) is 0.315. The molecular formula is C18H19ClFN3O4S. The minimum atomic E-state index is -3.84. The highest BCUT2D eigenvalue weighted by atomic mass is 35.5. The van der Waals surface area contributed by atoms with Crippen LogP contribution in [0.1, 0.15) is 16.8 Å². The topological polar surface area (TPSA) is 79.8 Å². The fourth-order valence-corrected chi connectivity index (χ4v) is 4.60. The summed E-state index contributed by atoms with van der Waals surface area (Å²) in [5, 5.41) is -0.256. The molecule has 150 valence electrons.